The van der Waals surface area contributed by atoms with Gasteiger partial charge in [0.25, 0.3) is 0 Å². The van der Waals surface area contributed by atoms with E-state index >= 15 is 0 Å². The van der Waals surface area contributed by atoms with Crippen LogP contribution < -0.4 is 10.6 Å². The van der Waals surface area contributed by atoms with Crippen molar-refractivity contribution in [2.45, 2.75) is 19.6 Å². The summed E-state index contributed by atoms with van der Waals surface area (Å²) in [5.41, 5.74) is 1.07. The van der Waals surface area contributed by atoms with Crippen molar-refractivity contribution in [2.24, 2.45) is 0 Å². The molecular weight excluding hydrogens is 312 g/mol. The predicted octanol–water partition coefficient (Wildman–Crippen LogP) is 2.26. The monoisotopic (exact) mass is 327 g/mol. The Morgan fingerprint density at radius 3 is 2.77 bits per heavy atom. The summed E-state index contributed by atoms with van der Waals surface area (Å²) < 4.78 is 25.9. The number of nitrogens with zero attached hydrogens (tertiary/aromatic N) is 1. The SMILES string of the molecule is Cc1csc(CNC(=O)NC[C@@H](O)c2ccc(F)c(F)c2)n1. The highest BCUT2D eigenvalue weighted by Crippen LogP contribution is 2.15. The molecule has 1 aromatic heterocycles. The largest absolute Gasteiger partial charge is 0.387 e. The van der Waals surface area contributed by atoms with Gasteiger partial charge in [-0.2, -0.15) is 0 Å². The predicted molar refractivity (Wildman–Crippen MR) is 78.4 cm³/mol. The number of rotatable bonds is 5. The molecule has 2 rings (SSSR count). The lowest BCUT2D eigenvalue weighted by atomic mass is 10.1. The summed E-state index contributed by atoms with van der Waals surface area (Å²) in [6.07, 6.45) is -1.12. The van der Waals surface area contributed by atoms with Gasteiger partial charge in [-0.3, -0.25) is 0 Å². The minimum Gasteiger partial charge on any atom is -0.387 e. The van der Waals surface area contributed by atoms with Crippen LogP contribution in [0.2, 0.25) is 0 Å². The fraction of sp³-hybridized carbons (Fsp3) is 0.286. The van der Waals surface area contributed by atoms with Crippen molar-refractivity contribution < 1.29 is 18.7 Å². The highest BCUT2D eigenvalue weighted by atomic mass is 32.1. The maximum atomic E-state index is 13.1. The molecule has 22 heavy (non-hydrogen) atoms. The molecule has 0 aliphatic carbocycles. The molecule has 0 fully saturated rings. The summed E-state index contributed by atoms with van der Waals surface area (Å²) in [6.45, 7) is 2.03. The number of nitrogens with one attached hydrogen (secondary N) is 2. The van der Waals surface area contributed by atoms with Crippen LogP contribution in [0.25, 0.3) is 0 Å². The van der Waals surface area contributed by atoms with Crippen molar-refractivity contribution in [1.82, 2.24) is 15.6 Å². The molecule has 1 atom stereocenters. The van der Waals surface area contributed by atoms with Crippen LogP contribution in [0.15, 0.2) is 23.6 Å². The smallest absolute Gasteiger partial charge is 0.315 e. The number of aromatic nitrogens is 1. The van der Waals surface area contributed by atoms with Gasteiger partial charge in [0.15, 0.2) is 11.6 Å². The van der Waals surface area contributed by atoms with Crippen LogP contribution in [0, 0.1) is 18.6 Å². The van der Waals surface area contributed by atoms with Gasteiger partial charge < -0.3 is 15.7 Å². The number of hydrogen-bond acceptors (Lipinski definition) is 4. The Kier molecular flexibility index (Phi) is 5.40. The maximum absolute atomic E-state index is 13.1. The van der Waals surface area contributed by atoms with E-state index in [0.29, 0.717) is 0 Å². The number of hydrogen-bond donors (Lipinski definition) is 3. The molecule has 0 aliphatic rings. The third kappa shape index (κ3) is 4.47. The Labute approximate surface area is 130 Å². The zero-order valence-electron chi connectivity index (χ0n) is 11.8. The molecule has 2 aromatic rings. The first-order chi connectivity index (χ1) is 10.5. The van der Waals surface area contributed by atoms with Gasteiger partial charge in [0.05, 0.1) is 12.6 Å². The molecule has 0 bridgehead atoms. The second-order valence-corrected chi connectivity index (χ2v) is 5.58. The van der Waals surface area contributed by atoms with Gasteiger partial charge in [-0.25, -0.2) is 18.6 Å². The molecule has 0 unspecified atom stereocenters. The summed E-state index contributed by atoms with van der Waals surface area (Å²) in [7, 11) is 0. The lowest BCUT2D eigenvalue weighted by Crippen LogP contribution is -2.37. The summed E-state index contributed by atoms with van der Waals surface area (Å²) in [5, 5.41) is 17.5. The molecule has 1 aromatic carbocycles. The van der Waals surface area contributed by atoms with Gasteiger partial charge in [0.2, 0.25) is 0 Å². The Bertz CT molecular complexity index is 663. The number of thiazole rings is 1. The number of carbonyl (C=O) groups excluding carboxylic acids is 1. The molecule has 0 saturated heterocycles. The van der Waals surface area contributed by atoms with E-state index in [-0.39, 0.29) is 18.7 Å². The van der Waals surface area contributed by atoms with Crippen LogP contribution in [0.1, 0.15) is 22.4 Å². The van der Waals surface area contributed by atoms with Crippen molar-refractivity contribution in [1.29, 1.82) is 0 Å². The molecule has 0 saturated carbocycles. The van der Waals surface area contributed by atoms with Crippen LogP contribution in [0.3, 0.4) is 0 Å². The van der Waals surface area contributed by atoms with Crippen molar-refractivity contribution in [3.8, 4) is 0 Å². The highest BCUT2D eigenvalue weighted by molar-refractivity contribution is 7.09. The van der Waals surface area contributed by atoms with Crippen LogP contribution >= 0.6 is 11.3 Å². The molecule has 0 spiro atoms. The van der Waals surface area contributed by atoms with Gasteiger partial charge >= 0.3 is 6.03 Å². The van der Waals surface area contributed by atoms with E-state index in [1.165, 1.54) is 17.4 Å². The van der Waals surface area contributed by atoms with Crippen LogP contribution in [-0.2, 0) is 6.54 Å². The molecule has 2 amide bonds. The summed E-state index contributed by atoms with van der Waals surface area (Å²) in [4.78, 5) is 15.8. The summed E-state index contributed by atoms with van der Waals surface area (Å²) >= 11 is 1.44. The molecule has 0 aliphatic heterocycles. The average molecular weight is 327 g/mol. The minimum absolute atomic E-state index is 0.117. The van der Waals surface area contributed by atoms with Gasteiger partial charge in [-0.05, 0) is 24.6 Å². The quantitative estimate of drug-likeness (QED) is 0.789. The van der Waals surface area contributed by atoms with Gasteiger partial charge in [0.1, 0.15) is 5.01 Å². The van der Waals surface area contributed by atoms with Gasteiger partial charge in [0, 0.05) is 17.6 Å². The van der Waals surface area contributed by atoms with Gasteiger partial charge in [-0.15, -0.1) is 11.3 Å². The van der Waals surface area contributed by atoms with Crippen molar-refractivity contribution in [2.75, 3.05) is 6.54 Å². The number of halogens is 2. The third-order valence-corrected chi connectivity index (χ3v) is 3.82. The number of aryl methyl sites for hydroxylation is 1. The van der Waals surface area contributed by atoms with E-state index < -0.39 is 23.8 Å². The van der Waals surface area contributed by atoms with Crippen molar-refractivity contribution >= 4 is 17.4 Å². The normalized spacial score (nSPS) is 12.0. The number of aliphatic hydroxyl groups is 1. The maximum Gasteiger partial charge on any atom is 0.315 e. The molecular formula is C14H15F2N3O2S. The molecule has 0 radical (unpaired) electrons. The zero-order chi connectivity index (χ0) is 16.1. The van der Waals surface area contributed by atoms with Crippen LogP contribution in [0.4, 0.5) is 13.6 Å². The van der Waals surface area contributed by atoms with Gasteiger partial charge in [-0.1, -0.05) is 6.07 Å². The van der Waals surface area contributed by atoms with Crippen molar-refractivity contribution in [3.05, 3.63) is 51.5 Å². The van der Waals surface area contributed by atoms with E-state index in [9.17, 15) is 18.7 Å². The highest BCUT2D eigenvalue weighted by Gasteiger charge is 2.12. The number of urea groups is 1. The topological polar surface area (TPSA) is 74.2 Å². The average Bonchev–Trinajstić information content (AvgIpc) is 2.91. The standard InChI is InChI=1S/C14H15F2N3O2S/c1-8-7-22-13(19-8)6-18-14(21)17-5-12(20)9-2-3-10(15)11(16)4-9/h2-4,7,12,20H,5-6H2,1H3,(H2,17,18,21)/t12-/m1/s1. The minimum atomic E-state index is -1.12. The van der Waals surface area contributed by atoms with Crippen molar-refractivity contribution in [3.63, 3.8) is 0 Å². The Morgan fingerprint density at radius 2 is 2.14 bits per heavy atom. The first kappa shape index (κ1) is 16.3. The van der Waals surface area contributed by atoms with E-state index in [1.807, 2.05) is 12.3 Å². The lowest BCUT2D eigenvalue weighted by molar-refractivity contribution is 0.172. The molecule has 8 heteroatoms. The first-order valence-electron chi connectivity index (χ1n) is 6.51. The number of carbonyl (C=O) groups is 1. The second-order valence-electron chi connectivity index (χ2n) is 4.64. The third-order valence-electron chi connectivity index (χ3n) is 2.85. The molecule has 118 valence electrons. The fourth-order valence-corrected chi connectivity index (χ4v) is 2.44. The van der Waals surface area contributed by atoms with Crippen LogP contribution in [0.5, 0.6) is 0 Å². The Morgan fingerprint density at radius 1 is 1.36 bits per heavy atom. The zero-order valence-corrected chi connectivity index (χ0v) is 12.6. The molecule has 5 nitrogen and oxygen atoms in total. The Hall–Kier alpha value is -2.06. The number of aliphatic hydroxyl groups excluding tert-OH is 1. The molecule has 3 N–H and O–H groups in total. The summed E-state index contributed by atoms with van der Waals surface area (Å²) in [5.74, 6) is -2.03. The van der Waals surface area contributed by atoms with E-state index in [4.69, 9.17) is 0 Å². The number of benzene rings is 1. The van der Waals surface area contributed by atoms with E-state index in [1.54, 1.807) is 0 Å². The second kappa shape index (κ2) is 7.28. The van der Waals surface area contributed by atoms with E-state index in [0.717, 1.165) is 22.8 Å². The lowest BCUT2D eigenvalue weighted by Gasteiger charge is -2.13. The van der Waals surface area contributed by atoms with Crippen LogP contribution in [-0.4, -0.2) is 22.7 Å². The first-order valence-corrected chi connectivity index (χ1v) is 7.39. The fourth-order valence-electron chi connectivity index (χ4n) is 1.73. The molecule has 1 heterocycles. The number of amides is 2. The van der Waals surface area contributed by atoms with E-state index in [2.05, 4.69) is 15.6 Å². The summed E-state index contributed by atoms with van der Waals surface area (Å²) in [6, 6.07) is 2.62. The Balaban J connectivity index is 1.78.